The standard InChI is InChI=1S/C12H16BrN5/c13-5-2-7-18(10-3-1-4-10)11-12-16-15-9-17(12)8-6-14-11/h6,8-10H,1-5,7H2. The van der Waals surface area contributed by atoms with E-state index in [0.29, 0.717) is 6.04 Å². The van der Waals surface area contributed by atoms with Crippen molar-refractivity contribution in [1.29, 1.82) is 0 Å². The van der Waals surface area contributed by atoms with Crippen molar-refractivity contribution >= 4 is 27.4 Å². The number of nitrogens with zero attached hydrogens (tertiary/aromatic N) is 5. The Morgan fingerprint density at radius 3 is 3.06 bits per heavy atom. The lowest BCUT2D eigenvalue weighted by molar-refractivity contribution is 0.384. The van der Waals surface area contributed by atoms with Gasteiger partial charge in [0.05, 0.1) is 0 Å². The molecule has 0 atom stereocenters. The zero-order valence-corrected chi connectivity index (χ0v) is 11.8. The van der Waals surface area contributed by atoms with E-state index in [-0.39, 0.29) is 0 Å². The van der Waals surface area contributed by atoms with Gasteiger partial charge in [-0.25, -0.2) is 4.98 Å². The van der Waals surface area contributed by atoms with Crippen molar-refractivity contribution in [2.75, 3.05) is 16.8 Å². The lowest BCUT2D eigenvalue weighted by atomic mass is 9.91. The van der Waals surface area contributed by atoms with Crippen LogP contribution in [0, 0.1) is 0 Å². The molecular weight excluding hydrogens is 294 g/mol. The fourth-order valence-electron chi connectivity index (χ4n) is 2.34. The van der Waals surface area contributed by atoms with Crippen LogP contribution in [0.2, 0.25) is 0 Å². The van der Waals surface area contributed by atoms with Gasteiger partial charge in [0.2, 0.25) is 5.65 Å². The first-order valence-corrected chi connectivity index (χ1v) is 7.49. The van der Waals surface area contributed by atoms with E-state index >= 15 is 0 Å². The second-order valence-electron chi connectivity index (χ2n) is 4.63. The summed E-state index contributed by atoms with van der Waals surface area (Å²) in [5, 5.41) is 9.17. The molecule has 1 saturated carbocycles. The van der Waals surface area contributed by atoms with Gasteiger partial charge in [-0.3, -0.25) is 4.40 Å². The average molecular weight is 310 g/mol. The van der Waals surface area contributed by atoms with Crippen molar-refractivity contribution in [2.45, 2.75) is 31.7 Å². The van der Waals surface area contributed by atoms with Crippen molar-refractivity contribution in [2.24, 2.45) is 0 Å². The van der Waals surface area contributed by atoms with Crippen LogP contribution in [0.15, 0.2) is 18.7 Å². The van der Waals surface area contributed by atoms with Crippen LogP contribution < -0.4 is 4.90 Å². The van der Waals surface area contributed by atoms with Crippen molar-refractivity contribution in [3.8, 4) is 0 Å². The maximum Gasteiger partial charge on any atom is 0.203 e. The third-order valence-corrected chi connectivity index (χ3v) is 4.08. The van der Waals surface area contributed by atoms with Gasteiger partial charge in [0.25, 0.3) is 0 Å². The zero-order valence-electron chi connectivity index (χ0n) is 10.2. The summed E-state index contributed by atoms with van der Waals surface area (Å²) in [5.74, 6) is 0.973. The molecule has 0 N–H and O–H groups in total. The largest absolute Gasteiger partial charge is 0.350 e. The molecule has 5 nitrogen and oxygen atoms in total. The first-order chi connectivity index (χ1) is 8.90. The summed E-state index contributed by atoms with van der Waals surface area (Å²) in [7, 11) is 0. The molecule has 2 aromatic rings. The summed E-state index contributed by atoms with van der Waals surface area (Å²) in [6, 6.07) is 0.624. The van der Waals surface area contributed by atoms with Crippen molar-refractivity contribution in [1.82, 2.24) is 19.6 Å². The van der Waals surface area contributed by atoms with Gasteiger partial charge in [-0.1, -0.05) is 15.9 Å². The van der Waals surface area contributed by atoms with E-state index in [1.54, 1.807) is 6.33 Å². The molecule has 6 heteroatoms. The average Bonchev–Trinajstić information content (AvgIpc) is 2.80. The van der Waals surface area contributed by atoms with E-state index in [1.165, 1.54) is 19.3 Å². The highest BCUT2D eigenvalue weighted by Gasteiger charge is 2.27. The van der Waals surface area contributed by atoms with Gasteiger partial charge in [0, 0.05) is 30.3 Å². The minimum atomic E-state index is 0.624. The molecule has 2 aromatic heterocycles. The second kappa shape index (κ2) is 5.22. The van der Waals surface area contributed by atoms with Gasteiger partial charge in [0.15, 0.2) is 5.82 Å². The molecule has 1 aliphatic carbocycles. The topological polar surface area (TPSA) is 46.3 Å². The molecule has 18 heavy (non-hydrogen) atoms. The van der Waals surface area contributed by atoms with Gasteiger partial charge >= 0.3 is 0 Å². The molecular formula is C12H16BrN5. The minimum absolute atomic E-state index is 0.624. The molecule has 0 saturated heterocycles. The molecule has 1 aliphatic rings. The third kappa shape index (κ3) is 2.09. The smallest absolute Gasteiger partial charge is 0.203 e. The summed E-state index contributed by atoms with van der Waals surface area (Å²) in [5.41, 5.74) is 0.860. The Labute approximate surface area is 114 Å². The fraction of sp³-hybridized carbons (Fsp3) is 0.583. The molecule has 0 unspecified atom stereocenters. The zero-order chi connectivity index (χ0) is 12.4. The molecule has 1 fully saturated rings. The van der Waals surface area contributed by atoms with Gasteiger partial charge in [-0.2, -0.15) is 0 Å². The lowest BCUT2D eigenvalue weighted by Crippen LogP contribution is -2.41. The Kier molecular flexibility index (Phi) is 3.45. The number of hydrogen-bond acceptors (Lipinski definition) is 4. The van der Waals surface area contributed by atoms with E-state index in [4.69, 9.17) is 0 Å². The number of fused-ring (bicyclic) bond motifs is 1. The Hall–Kier alpha value is -1.17. The Morgan fingerprint density at radius 2 is 2.33 bits per heavy atom. The molecule has 2 heterocycles. The lowest BCUT2D eigenvalue weighted by Gasteiger charge is -2.38. The highest BCUT2D eigenvalue weighted by Crippen LogP contribution is 2.30. The van der Waals surface area contributed by atoms with Crippen LogP contribution in [0.1, 0.15) is 25.7 Å². The summed E-state index contributed by atoms with van der Waals surface area (Å²) < 4.78 is 1.93. The van der Waals surface area contributed by atoms with E-state index in [2.05, 4.69) is 36.0 Å². The van der Waals surface area contributed by atoms with E-state index < -0.39 is 0 Å². The summed E-state index contributed by atoms with van der Waals surface area (Å²) in [6.07, 6.45) is 10.4. The normalized spacial score (nSPS) is 15.8. The highest BCUT2D eigenvalue weighted by molar-refractivity contribution is 9.09. The molecule has 96 valence electrons. The number of aromatic nitrogens is 4. The molecule has 0 radical (unpaired) electrons. The van der Waals surface area contributed by atoms with Gasteiger partial charge in [-0.05, 0) is 25.7 Å². The van der Waals surface area contributed by atoms with Gasteiger partial charge < -0.3 is 4.90 Å². The SMILES string of the molecule is BrCCCN(c1nccn2cnnc12)C1CCC1. The van der Waals surface area contributed by atoms with Crippen LogP contribution in [0.5, 0.6) is 0 Å². The number of halogens is 1. The van der Waals surface area contributed by atoms with Gasteiger partial charge in [0.1, 0.15) is 6.33 Å². The maximum atomic E-state index is 4.52. The predicted octanol–water partition coefficient (Wildman–Crippen LogP) is 2.27. The summed E-state index contributed by atoms with van der Waals surface area (Å²) in [4.78, 5) is 6.92. The molecule has 0 aliphatic heterocycles. The molecule has 3 rings (SSSR count). The van der Waals surface area contributed by atoms with Crippen LogP contribution in [-0.2, 0) is 0 Å². The molecule has 0 spiro atoms. The van der Waals surface area contributed by atoms with Crippen molar-refractivity contribution < 1.29 is 0 Å². The van der Waals surface area contributed by atoms with E-state index in [1.807, 2.05) is 16.8 Å². The number of anilines is 1. The quantitative estimate of drug-likeness (QED) is 0.795. The van der Waals surface area contributed by atoms with Crippen molar-refractivity contribution in [3.63, 3.8) is 0 Å². The second-order valence-corrected chi connectivity index (χ2v) is 5.43. The molecule has 0 bridgehead atoms. The van der Waals surface area contributed by atoms with E-state index in [9.17, 15) is 0 Å². The number of hydrogen-bond donors (Lipinski definition) is 0. The Morgan fingerprint density at radius 1 is 1.44 bits per heavy atom. The van der Waals surface area contributed by atoms with Crippen LogP contribution in [-0.4, -0.2) is 37.5 Å². The number of alkyl halides is 1. The van der Waals surface area contributed by atoms with Crippen LogP contribution in [0.3, 0.4) is 0 Å². The van der Waals surface area contributed by atoms with Crippen molar-refractivity contribution in [3.05, 3.63) is 18.7 Å². The fourth-order valence-corrected chi connectivity index (χ4v) is 2.59. The van der Waals surface area contributed by atoms with Crippen LogP contribution in [0.4, 0.5) is 5.82 Å². The number of rotatable bonds is 5. The van der Waals surface area contributed by atoms with Gasteiger partial charge in [-0.15, -0.1) is 10.2 Å². The summed E-state index contributed by atoms with van der Waals surface area (Å²) >= 11 is 3.50. The third-order valence-electron chi connectivity index (χ3n) is 3.52. The minimum Gasteiger partial charge on any atom is -0.350 e. The van der Waals surface area contributed by atoms with Crippen LogP contribution in [0.25, 0.3) is 5.65 Å². The monoisotopic (exact) mass is 309 g/mol. The predicted molar refractivity (Wildman–Crippen MR) is 74.2 cm³/mol. The van der Waals surface area contributed by atoms with E-state index in [0.717, 1.165) is 29.8 Å². The molecule has 0 aromatic carbocycles. The summed E-state index contributed by atoms with van der Waals surface area (Å²) in [6.45, 7) is 1.02. The molecule has 0 amide bonds. The first-order valence-electron chi connectivity index (χ1n) is 6.37. The van der Waals surface area contributed by atoms with Crippen LogP contribution >= 0.6 is 15.9 Å². The Balaban J connectivity index is 1.94. The first kappa shape index (κ1) is 11.9. The highest BCUT2D eigenvalue weighted by atomic mass is 79.9. The maximum absolute atomic E-state index is 4.52. The Bertz CT molecular complexity index is 522.